The van der Waals surface area contributed by atoms with Crippen molar-refractivity contribution >= 4 is 5.97 Å². The van der Waals surface area contributed by atoms with Crippen LogP contribution in [0.1, 0.15) is 110 Å². The molecule has 6 fully saturated rings. The minimum absolute atomic E-state index is 0.117. The number of carbonyl (C=O) groups excluding carboxylic acids is 1. The van der Waals surface area contributed by atoms with E-state index in [1.807, 2.05) is 6.07 Å². The molecule has 62 heavy (non-hydrogen) atoms. The number of ether oxygens (including phenoxy) is 5. The van der Waals surface area contributed by atoms with E-state index >= 15 is 0 Å². The molecule has 348 valence electrons. The lowest BCUT2D eigenvalue weighted by Gasteiger charge is -2.72. The number of benzene rings is 1. The number of fused-ring (bicyclic) bond motifs is 7. The van der Waals surface area contributed by atoms with E-state index in [0.717, 1.165) is 32.1 Å². The van der Waals surface area contributed by atoms with Crippen LogP contribution in [-0.4, -0.2) is 140 Å². The fraction of sp³-hybridized carbons (Fsp3) is 0.812. The number of carbonyl (C=O) groups is 1. The first-order valence-corrected chi connectivity index (χ1v) is 22.9. The molecule has 4 saturated carbocycles. The molecule has 0 aromatic heterocycles. The van der Waals surface area contributed by atoms with Gasteiger partial charge in [-0.05, 0) is 108 Å². The molecule has 7 aliphatic rings. The maximum Gasteiger partial charge on any atom is 0.338 e. The SMILES string of the molecule is CC1(C)CC2C3=CCC4[C@@]5(C)CC[C@H](O[C@@H]6OC[C@H](O)[C@H](O[C@@H]7O[C@H](CO)[C@@H](O)[C@H](O)[C@H]7O)[C@H]6O)C(C)(C)C5CC[C@@]4(C)[C@]3(C)C[C@H](O)[C@@]2(CO)[C@H](OC(=O)c2ccccc2)C1. The van der Waals surface area contributed by atoms with E-state index in [0.29, 0.717) is 24.8 Å². The molecular formula is C48H72O14. The summed E-state index contributed by atoms with van der Waals surface area (Å²) in [6.07, 6.45) is -6.62. The van der Waals surface area contributed by atoms with Crippen molar-refractivity contribution in [2.75, 3.05) is 19.8 Å². The lowest BCUT2D eigenvalue weighted by Crippen LogP contribution is -2.69. The van der Waals surface area contributed by atoms with Gasteiger partial charge in [0, 0.05) is 0 Å². The molecule has 3 unspecified atom stereocenters. The zero-order valence-electron chi connectivity index (χ0n) is 37.4. The first kappa shape index (κ1) is 46.5. The van der Waals surface area contributed by atoms with Gasteiger partial charge in [0.25, 0.3) is 0 Å². The lowest BCUT2D eigenvalue weighted by atomic mass is 9.33. The van der Waals surface area contributed by atoms with Crippen molar-refractivity contribution in [2.24, 2.45) is 50.2 Å². The molecule has 1 aromatic rings. The summed E-state index contributed by atoms with van der Waals surface area (Å²) in [5, 5.41) is 87.2. The summed E-state index contributed by atoms with van der Waals surface area (Å²) in [4.78, 5) is 13.6. The quantitative estimate of drug-likeness (QED) is 0.107. The largest absolute Gasteiger partial charge is 0.458 e. The molecule has 0 bridgehead atoms. The average molecular weight is 873 g/mol. The fourth-order valence-electron chi connectivity index (χ4n) is 14.6. The van der Waals surface area contributed by atoms with Gasteiger partial charge < -0.3 is 64.5 Å². The van der Waals surface area contributed by atoms with Crippen LogP contribution in [-0.2, 0) is 23.7 Å². The van der Waals surface area contributed by atoms with Crippen molar-refractivity contribution in [1.29, 1.82) is 0 Å². The Labute approximate surface area is 365 Å². The van der Waals surface area contributed by atoms with Crippen LogP contribution in [0.3, 0.4) is 0 Å². The van der Waals surface area contributed by atoms with Crippen LogP contribution < -0.4 is 0 Å². The van der Waals surface area contributed by atoms with E-state index in [9.17, 15) is 45.6 Å². The Kier molecular flexibility index (Phi) is 12.3. The van der Waals surface area contributed by atoms with E-state index < -0.39 is 85.5 Å². The van der Waals surface area contributed by atoms with Crippen molar-refractivity contribution in [3.8, 4) is 0 Å². The first-order valence-electron chi connectivity index (χ1n) is 22.9. The van der Waals surface area contributed by atoms with Gasteiger partial charge in [-0.15, -0.1) is 0 Å². The topological polar surface area (TPSA) is 225 Å². The average Bonchev–Trinajstić information content (AvgIpc) is 3.21. The number of hydrogen-bond donors (Lipinski definition) is 8. The predicted octanol–water partition coefficient (Wildman–Crippen LogP) is 3.24. The van der Waals surface area contributed by atoms with Crippen LogP contribution in [0.25, 0.3) is 0 Å². The number of esters is 1. The Morgan fingerprint density at radius 2 is 1.48 bits per heavy atom. The van der Waals surface area contributed by atoms with Crippen LogP contribution in [0.5, 0.6) is 0 Å². The third-order valence-electron chi connectivity index (χ3n) is 18.2. The van der Waals surface area contributed by atoms with Gasteiger partial charge in [-0.25, -0.2) is 4.79 Å². The zero-order chi connectivity index (χ0) is 44.9. The standard InChI is InChI=1S/C48H72O14/c1-43(2)19-27-26-13-14-31-45(5)17-16-33(61-41-38(56)39(28(51)23-58-41)62-42-37(55)36(54)35(53)29(22-49)59-42)44(3,4)30(45)15-18-46(31,6)47(26,7)20-32(52)48(27,24-50)34(21-43)60-40(57)25-11-9-8-10-12-25/h8-13,27-39,41-42,49-56H,14-24H2,1-7H3/t27?,28-,29+,30?,31?,32-,33-,34+,35+,36-,37+,38+,39-,41-,42-,45-,46+,47+,48-/m0/s1. The normalized spacial score (nSPS) is 49.6. The minimum Gasteiger partial charge on any atom is -0.458 e. The van der Waals surface area contributed by atoms with Crippen molar-refractivity contribution in [2.45, 2.75) is 173 Å². The van der Waals surface area contributed by atoms with Gasteiger partial charge in [0.1, 0.15) is 48.8 Å². The molecule has 0 spiro atoms. The molecule has 2 aliphatic heterocycles. The Morgan fingerprint density at radius 3 is 2.16 bits per heavy atom. The molecule has 14 heteroatoms. The van der Waals surface area contributed by atoms with Gasteiger partial charge in [0.05, 0.1) is 43.0 Å². The van der Waals surface area contributed by atoms with Crippen molar-refractivity contribution < 1.29 is 69.3 Å². The predicted molar refractivity (Wildman–Crippen MR) is 224 cm³/mol. The molecule has 0 amide bonds. The Balaban J connectivity index is 1.02. The van der Waals surface area contributed by atoms with Crippen LogP contribution in [0.15, 0.2) is 42.0 Å². The molecule has 2 saturated heterocycles. The summed E-state index contributed by atoms with van der Waals surface area (Å²) in [5.74, 6) is -0.139. The summed E-state index contributed by atoms with van der Waals surface area (Å²) >= 11 is 0. The van der Waals surface area contributed by atoms with Gasteiger partial charge in [0.15, 0.2) is 12.6 Å². The third-order valence-corrected chi connectivity index (χ3v) is 18.2. The molecule has 1 aromatic carbocycles. The summed E-state index contributed by atoms with van der Waals surface area (Å²) in [5.41, 5.74) is -0.596. The fourth-order valence-corrected chi connectivity index (χ4v) is 14.6. The molecule has 5 aliphatic carbocycles. The van der Waals surface area contributed by atoms with Crippen molar-refractivity contribution in [1.82, 2.24) is 0 Å². The Bertz CT molecular complexity index is 1820. The second-order valence-corrected chi connectivity index (χ2v) is 22.2. The first-order chi connectivity index (χ1) is 29.1. The van der Waals surface area contributed by atoms with Gasteiger partial charge >= 0.3 is 5.97 Å². The van der Waals surface area contributed by atoms with E-state index in [-0.39, 0.29) is 64.1 Å². The molecule has 8 N–H and O–H groups in total. The highest BCUT2D eigenvalue weighted by Crippen LogP contribution is 2.76. The van der Waals surface area contributed by atoms with Gasteiger partial charge in [-0.3, -0.25) is 0 Å². The number of aliphatic hydroxyl groups excluding tert-OH is 8. The summed E-state index contributed by atoms with van der Waals surface area (Å²) in [7, 11) is 0. The zero-order valence-corrected chi connectivity index (χ0v) is 37.4. The van der Waals surface area contributed by atoms with Crippen LogP contribution >= 0.6 is 0 Å². The van der Waals surface area contributed by atoms with Crippen molar-refractivity contribution in [3.63, 3.8) is 0 Å². The maximum atomic E-state index is 13.6. The molecular weight excluding hydrogens is 801 g/mol. The van der Waals surface area contributed by atoms with Gasteiger partial charge in [-0.1, -0.05) is 78.3 Å². The van der Waals surface area contributed by atoms with E-state index in [1.165, 1.54) is 5.57 Å². The lowest BCUT2D eigenvalue weighted by molar-refractivity contribution is -0.357. The van der Waals surface area contributed by atoms with Gasteiger partial charge in [0.2, 0.25) is 0 Å². The highest BCUT2D eigenvalue weighted by Gasteiger charge is 2.72. The second-order valence-electron chi connectivity index (χ2n) is 22.2. The van der Waals surface area contributed by atoms with Crippen LogP contribution in [0.4, 0.5) is 0 Å². The van der Waals surface area contributed by atoms with E-state index in [4.69, 9.17) is 23.7 Å². The van der Waals surface area contributed by atoms with E-state index in [1.54, 1.807) is 24.3 Å². The summed E-state index contributed by atoms with van der Waals surface area (Å²) in [6.45, 7) is 14.9. The molecule has 14 nitrogen and oxygen atoms in total. The molecule has 0 radical (unpaired) electrons. The smallest absolute Gasteiger partial charge is 0.338 e. The molecule has 19 atom stereocenters. The van der Waals surface area contributed by atoms with Crippen LogP contribution in [0, 0.1) is 50.2 Å². The minimum atomic E-state index is -1.71. The van der Waals surface area contributed by atoms with Gasteiger partial charge in [-0.2, -0.15) is 0 Å². The Morgan fingerprint density at radius 1 is 0.774 bits per heavy atom. The second kappa shape index (κ2) is 16.4. The highest BCUT2D eigenvalue weighted by molar-refractivity contribution is 5.89. The number of rotatable bonds is 8. The number of aliphatic hydroxyl groups is 8. The maximum absolute atomic E-state index is 13.6. The van der Waals surface area contributed by atoms with Crippen molar-refractivity contribution in [3.05, 3.63) is 47.5 Å². The van der Waals surface area contributed by atoms with Crippen LogP contribution in [0.2, 0.25) is 0 Å². The monoisotopic (exact) mass is 872 g/mol. The van der Waals surface area contributed by atoms with E-state index in [2.05, 4.69) is 54.5 Å². The molecule has 8 rings (SSSR count). The molecule has 2 heterocycles. The third kappa shape index (κ3) is 7.08. The number of allylic oxidation sites excluding steroid dienone is 2. The summed E-state index contributed by atoms with van der Waals surface area (Å²) < 4.78 is 30.3. The Hall–Kier alpha value is -2.05. The number of hydrogen-bond acceptors (Lipinski definition) is 14. The summed E-state index contributed by atoms with van der Waals surface area (Å²) in [6, 6.07) is 8.92. The highest BCUT2D eigenvalue weighted by atomic mass is 16.7.